The van der Waals surface area contributed by atoms with E-state index in [-0.39, 0.29) is 33.8 Å². The summed E-state index contributed by atoms with van der Waals surface area (Å²) in [6.07, 6.45) is 3.48. The minimum atomic E-state index is -4.33. The van der Waals surface area contributed by atoms with Gasteiger partial charge in [0.25, 0.3) is 0 Å². The minimum Gasteiger partial charge on any atom is -0.548 e. The first kappa shape index (κ1) is 30.1. The van der Waals surface area contributed by atoms with E-state index in [4.69, 9.17) is 0 Å². The Labute approximate surface area is 228 Å². The lowest BCUT2D eigenvalue weighted by Crippen LogP contribution is -2.48. The van der Waals surface area contributed by atoms with Gasteiger partial charge in [-0.25, -0.2) is 26.3 Å². The topological polar surface area (TPSA) is 190 Å². The van der Waals surface area contributed by atoms with Gasteiger partial charge in [-0.05, 0) is 72.3 Å². The fraction of sp³-hybridized carbons (Fsp3) is 0.348. The number of hydrogen-bond donors (Lipinski definition) is 2. The monoisotopic (exact) mass is 600 g/mol. The number of carboxylic acids is 2. The molecule has 0 heterocycles. The van der Waals surface area contributed by atoms with E-state index in [0.29, 0.717) is 22.6 Å². The Morgan fingerprint density at radius 3 is 1.42 bits per heavy atom. The van der Waals surface area contributed by atoms with Crippen molar-refractivity contribution < 1.29 is 41.4 Å². The number of carbonyl (C=O) groups is 3. The molecule has 2 aromatic carbocycles. The molecule has 15 heteroatoms. The Hall–Kier alpha value is -2.43. The van der Waals surface area contributed by atoms with E-state index in [1.165, 1.54) is 47.8 Å². The second-order valence-corrected chi connectivity index (χ2v) is 13.7. The normalized spacial score (nSPS) is 14.5. The van der Waals surface area contributed by atoms with Crippen molar-refractivity contribution in [2.24, 2.45) is 0 Å². The van der Waals surface area contributed by atoms with Crippen LogP contribution < -0.4 is 19.7 Å². The Kier molecular flexibility index (Phi) is 9.65. The van der Waals surface area contributed by atoms with Crippen molar-refractivity contribution in [3.63, 3.8) is 0 Å². The molecular formula is C23H24N2O9S4-2. The minimum absolute atomic E-state index is 0.000587. The molecule has 0 bridgehead atoms. The largest absolute Gasteiger partial charge is 0.548 e. The van der Waals surface area contributed by atoms with Gasteiger partial charge >= 0.3 is 0 Å². The summed E-state index contributed by atoms with van der Waals surface area (Å²) in [5.41, 5.74) is 0.721. The van der Waals surface area contributed by atoms with Crippen LogP contribution in [0.15, 0.2) is 46.2 Å². The molecule has 0 spiro atoms. The standard InChI is InChI=1S/C23H26N2O9S4/c1-35-9-7-19(22(27)28)24-37(31,32)13-3-5-15-16-6-4-14(12-18(16)21(26)17(15)11-13)38(33,34)25-20(23(29)30)8-10-36-2/h3-6,11-12,19-20,24-25H,7-10H2,1-2H3,(H,27,28)(H,29,30)/p-2. The van der Waals surface area contributed by atoms with Crippen LogP contribution >= 0.6 is 23.5 Å². The molecule has 0 radical (unpaired) electrons. The van der Waals surface area contributed by atoms with E-state index in [0.717, 1.165) is 12.1 Å². The van der Waals surface area contributed by atoms with Crippen molar-refractivity contribution in [3.05, 3.63) is 47.5 Å². The first-order chi connectivity index (χ1) is 17.8. The summed E-state index contributed by atoms with van der Waals surface area (Å²) in [4.78, 5) is 35.2. The summed E-state index contributed by atoms with van der Waals surface area (Å²) in [5.74, 6) is -3.05. The molecule has 3 rings (SSSR count). The van der Waals surface area contributed by atoms with Crippen LogP contribution in [0.5, 0.6) is 0 Å². The lowest BCUT2D eigenvalue weighted by Gasteiger charge is -2.19. The van der Waals surface area contributed by atoms with Gasteiger partial charge in [-0.2, -0.15) is 23.5 Å². The van der Waals surface area contributed by atoms with Crippen molar-refractivity contribution in [1.29, 1.82) is 0 Å². The zero-order valence-electron chi connectivity index (χ0n) is 20.3. The van der Waals surface area contributed by atoms with Gasteiger partial charge in [0.1, 0.15) is 0 Å². The van der Waals surface area contributed by atoms with Gasteiger partial charge in [-0.15, -0.1) is 0 Å². The van der Waals surface area contributed by atoms with Gasteiger partial charge in [0, 0.05) is 11.1 Å². The number of benzene rings is 2. The highest BCUT2D eigenvalue weighted by molar-refractivity contribution is 7.98. The van der Waals surface area contributed by atoms with E-state index in [1.807, 2.05) is 0 Å². The molecule has 2 aromatic rings. The zero-order valence-corrected chi connectivity index (χ0v) is 23.5. The lowest BCUT2D eigenvalue weighted by molar-refractivity contribution is -0.309. The van der Waals surface area contributed by atoms with E-state index in [9.17, 15) is 41.4 Å². The molecule has 1 aliphatic carbocycles. The maximum atomic E-state index is 13.1. The highest BCUT2D eigenvalue weighted by atomic mass is 32.2. The second kappa shape index (κ2) is 12.2. The van der Waals surface area contributed by atoms with Crippen LogP contribution in [0, 0.1) is 0 Å². The molecule has 2 atom stereocenters. The Balaban J connectivity index is 1.91. The number of aliphatic carboxylic acids is 2. The lowest BCUT2D eigenvalue weighted by atomic mass is 10.1. The zero-order chi connectivity index (χ0) is 28.3. The molecule has 0 saturated carbocycles. The smallest absolute Gasteiger partial charge is 0.241 e. The summed E-state index contributed by atoms with van der Waals surface area (Å²) in [6.45, 7) is 0. The summed E-state index contributed by atoms with van der Waals surface area (Å²) in [7, 11) is -8.66. The number of nitrogens with one attached hydrogen (secondary N) is 2. The second-order valence-electron chi connectivity index (χ2n) is 8.29. The Bertz CT molecular complexity index is 1360. The predicted molar refractivity (Wildman–Crippen MR) is 140 cm³/mol. The first-order valence-electron chi connectivity index (χ1n) is 11.1. The number of carboxylic acid groups (broad SMARTS) is 2. The van der Waals surface area contributed by atoms with Crippen LogP contribution in [0.2, 0.25) is 0 Å². The van der Waals surface area contributed by atoms with Gasteiger partial charge in [-0.1, -0.05) is 12.1 Å². The molecule has 0 fully saturated rings. The fourth-order valence-corrected chi connectivity index (χ4v) is 7.24. The molecular weight excluding hydrogens is 577 g/mol. The molecule has 38 heavy (non-hydrogen) atoms. The molecule has 2 unspecified atom stereocenters. The maximum Gasteiger partial charge on any atom is 0.241 e. The molecule has 1 aliphatic rings. The highest BCUT2D eigenvalue weighted by Crippen LogP contribution is 2.38. The molecule has 2 N–H and O–H groups in total. The third-order valence-corrected chi connectivity index (χ3v) is 9.99. The summed E-state index contributed by atoms with van der Waals surface area (Å²) >= 11 is 2.68. The van der Waals surface area contributed by atoms with Crippen LogP contribution in [-0.2, 0) is 29.6 Å². The third kappa shape index (κ3) is 6.58. The van der Waals surface area contributed by atoms with Gasteiger partial charge in [0.2, 0.25) is 20.0 Å². The SMILES string of the molecule is CSCCC(NS(=O)(=O)c1ccc2c(c1)C(=O)c1cc(S(=O)(=O)NC(CCSC)C(=O)[O-])ccc1-2)C(=O)[O-]. The average molecular weight is 601 g/mol. The van der Waals surface area contributed by atoms with Crippen LogP contribution in [-0.4, -0.2) is 70.7 Å². The van der Waals surface area contributed by atoms with Gasteiger partial charge in [-0.3, -0.25) is 4.79 Å². The highest BCUT2D eigenvalue weighted by Gasteiger charge is 2.31. The number of rotatable bonds is 14. The fourth-order valence-electron chi connectivity index (χ4n) is 3.80. The summed E-state index contributed by atoms with van der Waals surface area (Å²) in [5, 5.41) is 22.8. The van der Waals surface area contributed by atoms with Crippen molar-refractivity contribution in [1.82, 2.24) is 9.44 Å². The first-order valence-corrected chi connectivity index (χ1v) is 16.8. The van der Waals surface area contributed by atoms with Crippen molar-refractivity contribution in [3.8, 4) is 11.1 Å². The van der Waals surface area contributed by atoms with Crippen LogP contribution in [0.1, 0.15) is 28.8 Å². The third-order valence-electron chi connectivity index (χ3n) is 5.77. The molecule has 0 saturated heterocycles. The number of thioether (sulfide) groups is 2. The van der Waals surface area contributed by atoms with E-state index >= 15 is 0 Å². The summed E-state index contributed by atoms with van der Waals surface area (Å²) < 4.78 is 55.6. The van der Waals surface area contributed by atoms with Crippen LogP contribution in [0.25, 0.3) is 11.1 Å². The van der Waals surface area contributed by atoms with Crippen molar-refractivity contribution in [2.45, 2.75) is 34.7 Å². The maximum absolute atomic E-state index is 13.1. The number of ketones is 1. The average Bonchev–Trinajstić information content (AvgIpc) is 3.14. The van der Waals surface area contributed by atoms with E-state index in [2.05, 4.69) is 9.44 Å². The van der Waals surface area contributed by atoms with Crippen LogP contribution in [0.3, 0.4) is 0 Å². The number of carbonyl (C=O) groups excluding carboxylic acids is 3. The molecule has 0 amide bonds. The van der Waals surface area contributed by atoms with Gasteiger partial charge in [0.05, 0.1) is 33.8 Å². The van der Waals surface area contributed by atoms with Crippen molar-refractivity contribution in [2.75, 3.05) is 24.0 Å². The summed E-state index contributed by atoms with van der Waals surface area (Å²) in [6, 6.07) is 4.46. The molecule has 11 nitrogen and oxygen atoms in total. The Morgan fingerprint density at radius 2 is 1.11 bits per heavy atom. The number of hydrogen-bond acceptors (Lipinski definition) is 11. The van der Waals surface area contributed by atoms with E-state index < -0.39 is 49.9 Å². The van der Waals surface area contributed by atoms with Gasteiger partial charge < -0.3 is 19.8 Å². The van der Waals surface area contributed by atoms with Crippen molar-refractivity contribution >= 4 is 61.3 Å². The van der Waals surface area contributed by atoms with Crippen LogP contribution in [0.4, 0.5) is 0 Å². The number of sulfonamides is 2. The quantitative estimate of drug-likeness (QED) is 0.236. The number of fused-ring (bicyclic) bond motifs is 3. The van der Waals surface area contributed by atoms with E-state index in [1.54, 1.807) is 12.5 Å². The van der Waals surface area contributed by atoms with Gasteiger partial charge in [0.15, 0.2) is 5.78 Å². The molecule has 0 aromatic heterocycles. The Morgan fingerprint density at radius 1 is 0.737 bits per heavy atom. The predicted octanol–water partition coefficient (Wildman–Crippen LogP) is -0.802. The molecule has 206 valence electrons. The molecule has 0 aliphatic heterocycles.